The molecule has 0 atom stereocenters. The number of nitrogen functional groups attached to an aromatic ring is 2. The minimum Gasteiger partial charge on any atom is -0.489 e. The van der Waals surface area contributed by atoms with Gasteiger partial charge in [-0.25, -0.2) is 4.79 Å². The Morgan fingerprint density at radius 1 is 0.812 bits per heavy atom. The molecule has 6 N–H and O–H groups in total. The number of methoxy groups -OCH3 is 1. The second-order valence-electron chi connectivity index (χ2n) is 6.95. The number of nitrogens with two attached hydrogens (primary N) is 2. The number of hydrogen-bond acceptors (Lipinski definition) is 6. The maximum Gasteiger partial charge on any atom is 0.343 e. The lowest BCUT2D eigenvalue weighted by Gasteiger charge is -2.13. The summed E-state index contributed by atoms with van der Waals surface area (Å²) in [5.74, 6) is 0.532. The summed E-state index contributed by atoms with van der Waals surface area (Å²) in [5, 5.41) is 15.1. The first-order chi connectivity index (χ1) is 15.4. The van der Waals surface area contributed by atoms with E-state index in [1.807, 2.05) is 24.3 Å². The predicted molar refractivity (Wildman–Crippen MR) is 122 cm³/mol. The first-order valence-electron chi connectivity index (χ1n) is 9.71. The van der Waals surface area contributed by atoms with Crippen LogP contribution in [0.15, 0.2) is 66.7 Å². The van der Waals surface area contributed by atoms with E-state index >= 15 is 0 Å². The van der Waals surface area contributed by atoms with Crippen molar-refractivity contribution in [2.45, 2.75) is 6.61 Å². The van der Waals surface area contributed by atoms with E-state index in [1.165, 1.54) is 7.11 Å². The number of benzene rings is 3. The number of amidine groups is 2. The van der Waals surface area contributed by atoms with Crippen molar-refractivity contribution >= 4 is 17.6 Å². The van der Waals surface area contributed by atoms with Crippen LogP contribution in [0.4, 0.5) is 0 Å². The third kappa shape index (κ3) is 5.85. The first-order valence-corrected chi connectivity index (χ1v) is 9.71. The van der Waals surface area contributed by atoms with E-state index in [9.17, 15) is 4.79 Å². The molecule has 3 aromatic carbocycles. The molecule has 32 heavy (non-hydrogen) atoms. The fraction of sp³-hybridized carbons (Fsp3) is 0.125. The molecule has 0 spiro atoms. The van der Waals surface area contributed by atoms with E-state index in [1.54, 1.807) is 42.5 Å². The molecule has 3 aromatic rings. The van der Waals surface area contributed by atoms with Crippen LogP contribution >= 0.6 is 0 Å². The summed E-state index contributed by atoms with van der Waals surface area (Å²) >= 11 is 0. The highest BCUT2D eigenvalue weighted by Gasteiger charge is 2.09. The summed E-state index contributed by atoms with van der Waals surface area (Å²) in [6, 6.07) is 19.8. The zero-order valence-corrected chi connectivity index (χ0v) is 17.6. The van der Waals surface area contributed by atoms with Crippen LogP contribution < -0.4 is 20.9 Å². The molecular formula is C24H24N4O4. The largest absolute Gasteiger partial charge is 0.489 e. The average Bonchev–Trinajstić information content (AvgIpc) is 2.81. The number of hydrogen-bond donors (Lipinski definition) is 4. The van der Waals surface area contributed by atoms with Crippen LogP contribution in [0.25, 0.3) is 11.1 Å². The Morgan fingerprint density at radius 3 is 2.19 bits per heavy atom. The molecule has 0 aliphatic rings. The van der Waals surface area contributed by atoms with Crippen molar-refractivity contribution in [3.05, 3.63) is 83.4 Å². The summed E-state index contributed by atoms with van der Waals surface area (Å²) in [6.07, 6.45) is 0. The van der Waals surface area contributed by atoms with Crippen molar-refractivity contribution < 1.29 is 19.0 Å². The monoisotopic (exact) mass is 432 g/mol. The van der Waals surface area contributed by atoms with Crippen LogP contribution in [0.5, 0.6) is 11.5 Å². The number of nitrogens with one attached hydrogen (secondary N) is 2. The molecule has 0 saturated carbocycles. The first kappa shape index (κ1) is 22.4. The van der Waals surface area contributed by atoms with Crippen molar-refractivity contribution in [2.75, 3.05) is 13.7 Å². The maximum absolute atomic E-state index is 11.5. The Kier molecular flexibility index (Phi) is 7.07. The molecule has 0 unspecified atom stereocenters. The molecule has 3 rings (SSSR count). The van der Waals surface area contributed by atoms with Crippen molar-refractivity contribution in [3.63, 3.8) is 0 Å². The molecule has 0 fully saturated rings. The lowest BCUT2D eigenvalue weighted by Crippen LogP contribution is -2.13. The summed E-state index contributed by atoms with van der Waals surface area (Å²) in [7, 11) is 1.30. The second kappa shape index (κ2) is 10.1. The lowest BCUT2D eigenvalue weighted by molar-refractivity contribution is -0.142. The van der Waals surface area contributed by atoms with E-state index < -0.39 is 5.97 Å². The van der Waals surface area contributed by atoms with Gasteiger partial charge in [-0.15, -0.1) is 0 Å². The molecule has 0 radical (unpaired) electrons. The Morgan fingerprint density at radius 2 is 1.53 bits per heavy atom. The van der Waals surface area contributed by atoms with Gasteiger partial charge < -0.3 is 25.7 Å². The molecule has 0 aliphatic carbocycles. The van der Waals surface area contributed by atoms with Crippen LogP contribution in [-0.2, 0) is 16.1 Å². The van der Waals surface area contributed by atoms with Crippen molar-refractivity contribution in [1.82, 2.24) is 0 Å². The molecule has 0 aromatic heterocycles. The number of esters is 1. The van der Waals surface area contributed by atoms with Gasteiger partial charge in [-0.1, -0.05) is 36.4 Å². The smallest absolute Gasteiger partial charge is 0.343 e. The van der Waals surface area contributed by atoms with Crippen LogP contribution in [-0.4, -0.2) is 31.4 Å². The normalized spacial score (nSPS) is 10.3. The molecular weight excluding hydrogens is 408 g/mol. The minimum absolute atomic E-state index is 0.00593. The average molecular weight is 432 g/mol. The fourth-order valence-corrected chi connectivity index (χ4v) is 2.96. The van der Waals surface area contributed by atoms with Gasteiger partial charge in [0.25, 0.3) is 0 Å². The van der Waals surface area contributed by atoms with Crippen LogP contribution in [0.2, 0.25) is 0 Å². The third-order valence-electron chi connectivity index (χ3n) is 4.63. The lowest BCUT2D eigenvalue weighted by atomic mass is 10.0. The highest BCUT2D eigenvalue weighted by molar-refractivity contribution is 5.95. The van der Waals surface area contributed by atoms with Gasteiger partial charge in [-0.05, 0) is 47.0 Å². The topological polar surface area (TPSA) is 145 Å². The van der Waals surface area contributed by atoms with E-state index in [0.29, 0.717) is 22.6 Å². The predicted octanol–water partition coefficient (Wildman–Crippen LogP) is 3.05. The van der Waals surface area contributed by atoms with Crippen LogP contribution in [0.1, 0.15) is 16.7 Å². The van der Waals surface area contributed by atoms with Gasteiger partial charge in [0.2, 0.25) is 0 Å². The highest BCUT2D eigenvalue weighted by Crippen LogP contribution is 2.28. The van der Waals surface area contributed by atoms with E-state index in [2.05, 4.69) is 4.74 Å². The minimum atomic E-state index is -0.486. The van der Waals surface area contributed by atoms with E-state index in [0.717, 1.165) is 16.7 Å². The zero-order valence-electron chi connectivity index (χ0n) is 17.6. The SMILES string of the molecule is COC(=O)COc1cc(COc2cccc(C(=N)N)c2)cc(-c2ccc(C(=N)N)cc2)c1. The standard InChI is InChI=1S/C24H24N4O4/c1-30-22(29)14-32-21-10-15(13-31-20-4-2-3-18(11-20)24(27)28)9-19(12-21)16-5-7-17(8-6-16)23(25)26/h2-12H,13-14H2,1H3,(H3,25,26)(H3,27,28). The van der Waals surface area contributed by atoms with Gasteiger partial charge in [0.1, 0.15) is 29.8 Å². The quantitative estimate of drug-likeness (QED) is 0.232. The Balaban J connectivity index is 1.87. The van der Waals surface area contributed by atoms with Crippen LogP contribution in [0, 0.1) is 10.8 Å². The molecule has 0 amide bonds. The molecule has 0 bridgehead atoms. The highest BCUT2D eigenvalue weighted by atomic mass is 16.6. The number of carbonyl (C=O) groups is 1. The van der Waals surface area contributed by atoms with Crippen LogP contribution in [0.3, 0.4) is 0 Å². The second-order valence-corrected chi connectivity index (χ2v) is 6.95. The molecule has 0 heterocycles. The number of carbonyl (C=O) groups excluding carboxylic acids is 1. The van der Waals surface area contributed by atoms with Crippen molar-refractivity contribution in [2.24, 2.45) is 11.5 Å². The Labute approximate surface area is 185 Å². The van der Waals surface area contributed by atoms with Crippen molar-refractivity contribution in [3.8, 4) is 22.6 Å². The van der Waals surface area contributed by atoms with Gasteiger partial charge in [0.05, 0.1) is 7.11 Å². The summed E-state index contributed by atoms with van der Waals surface area (Å²) in [4.78, 5) is 11.5. The number of rotatable bonds is 9. The zero-order chi connectivity index (χ0) is 23.1. The molecule has 164 valence electrons. The maximum atomic E-state index is 11.5. The Bertz CT molecular complexity index is 1140. The van der Waals surface area contributed by atoms with Gasteiger partial charge in [-0.3, -0.25) is 10.8 Å². The van der Waals surface area contributed by atoms with Gasteiger partial charge in [0, 0.05) is 11.1 Å². The fourth-order valence-electron chi connectivity index (χ4n) is 2.96. The summed E-state index contributed by atoms with van der Waals surface area (Å²) < 4.78 is 16.1. The molecule has 0 saturated heterocycles. The molecule has 8 heteroatoms. The summed E-state index contributed by atoms with van der Waals surface area (Å²) in [6.45, 7) is 0.0134. The number of ether oxygens (including phenoxy) is 3. The molecule has 0 aliphatic heterocycles. The van der Waals surface area contributed by atoms with Gasteiger partial charge >= 0.3 is 5.97 Å². The van der Waals surface area contributed by atoms with E-state index in [-0.39, 0.29) is 24.9 Å². The van der Waals surface area contributed by atoms with Gasteiger partial charge in [-0.2, -0.15) is 0 Å². The molecule has 8 nitrogen and oxygen atoms in total. The van der Waals surface area contributed by atoms with E-state index in [4.69, 9.17) is 31.8 Å². The summed E-state index contributed by atoms with van der Waals surface area (Å²) in [5.41, 5.74) is 14.8. The third-order valence-corrected chi connectivity index (χ3v) is 4.63. The van der Waals surface area contributed by atoms with Gasteiger partial charge in [0.15, 0.2) is 6.61 Å². The Hall–Kier alpha value is -4.33. The van der Waals surface area contributed by atoms with Crippen molar-refractivity contribution in [1.29, 1.82) is 10.8 Å².